The van der Waals surface area contributed by atoms with E-state index in [4.69, 9.17) is 14.2 Å². The van der Waals surface area contributed by atoms with E-state index in [1.807, 2.05) is 0 Å². The molecule has 0 spiro atoms. The molecule has 0 aliphatic rings. The summed E-state index contributed by atoms with van der Waals surface area (Å²) in [6, 6.07) is 0. The second-order valence-electron chi connectivity index (χ2n) is 22.0. The molecule has 0 saturated heterocycles. The maximum absolute atomic E-state index is 12.9. The van der Waals surface area contributed by atoms with Gasteiger partial charge in [-0.15, -0.1) is 0 Å². The number of carbonyl (C=O) groups is 3. The van der Waals surface area contributed by atoms with Gasteiger partial charge in [0, 0.05) is 19.3 Å². The van der Waals surface area contributed by atoms with Gasteiger partial charge in [-0.3, -0.25) is 14.4 Å². The van der Waals surface area contributed by atoms with Gasteiger partial charge in [0.15, 0.2) is 6.10 Å². The van der Waals surface area contributed by atoms with E-state index < -0.39 is 6.10 Å². The van der Waals surface area contributed by atoms with Crippen LogP contribution in [0.4, 0.5) is 0 Å². The van der Waals surface area contributed by atoms with Crippen molar-refractivity contribution in [1.82, 2.24) is 0 Å². The van der Waals surface area contributed by atoms with Crippen molar-refractivity contribution >= 4 is 17.9 Å². The van der Waals surface area contributed by atoms with Crippen molar-refractivity contribution in [1.29, 1.82) is 0 Å². The van der Waals surface area contributed by atoms with Crippen molar-refractivity contribution in [2.45, 2.75) is 348 Å². The van der Waals surface area contributed by atoms with Crippen LogP contribution in [-0.2, 0) is 28.6 Å². The second kappa shape index (κ2) is 63.6. The lowest BCUT2D eigenvalue weighted by atomic mass is 10.0. The lowest BCUT2D eigenvalue weighted by molar-refractivity contribution is -0.167. The zero-order chi connectivity index (χ0) is 54.3. The van der Waals surface area contributed by atoms with Crippen molar-refractivity contribution < 1.29 is 28.6 Å². The molecule has 0 saturated carbocycles. The molecule has 75 heavy (non-hydrogen) atoms. The first kappa shape index (κ1) is 72.1. The van der Waals surface area contributed by atoms with Crippen LogP contribution < -0.4 is 0 Å². The van der Waals surface area contributed by atoms with Gasteiger partial charge in [-0.25, -0.2) is 0 Å². The number of hydrogen-bond donors (Lipinski definition) is 0. The Bertz CT molecular complexity index is 1340. The Balaban J connectivity index is 4.18. The van der Waals surface area contributed by atoms with Gasteiger partial charge in [0.25, 0.3) is 0 Å². The normalized spacial score (nSPS) is 12.4. The summed E-state index contributed by atoms with van der Waals surface area (Å²) >= 11 is 0. The topological polar surface area (TPSA) is 78.9 Å². The fourth-order valence-electron chi connectivity index (χ4n) is 9.61. The lowest BCUT2D eigenvalue weighted by Crippen LogP contribution is -2.30. The number of hydrogen-bond acceptors (Lipinski definition) is 6. The van der Waals surface area contributed by atoms with E-state index in [2.05, 4.69) is 81.5 Å². The highest BCUT2D eigenvalue weighted by Crippen LogP contribution is 2.17. The average Bonchev–Trinajstić information content (AvgIpc) is 3.41. The highest BCUT2D eigenvalue weighted by atomic mass is 16.6. The lowest BCUT2D eigenvalue weighted by Gasteiger charge is -2.18. The molecule has 6 heteroatoms. The van der Waals surface area contributed by atoms with Gasteiger partial charge in [0.1, 0.15) is 13.2 Å². The molecule has 436 valence electrons. The Labute approximate surface area is 466 Å². The SMILES string of the molecule is CC/C=C\C/C=C\C/C=C\C/C=C\CCCCCCCCCCCCC(=O)OC(COC(=O)CCCCCCCCCCC)COC(=O)CCCCCCCCCCCCCCC/C=C\CCCCCCCCCC. The molecular weight excluding hydrogens is 925 g/mol. The Hall–Kier alpha value is -2.89. The Kier molecular flexibility index (Phi) is 61.2. The Morgan fingerprint density at radius 1 is 0.280 bits per heavy atom. The van der Waals surface area contributed by atoms with E-state index in [0.717, 1.165) is 83.5 Å². The minimum atomic E-state index is -0.774. The molecule has 0 bridgehead atoms. The minimum Gasteiger partial charge on any atom is -0.462 e. The summed E-state index contributed by atoms with van der Waals surface area (Å²) < 4.78 is 16.9. The smallest absolute Gasteiger partial charge is 0.306 e. The summed E-state index contributed by atoms with van der Waals surface area (Å²) in [4.78, 5) is 38.2. The summed E-state index contributed by atoms with van der Waals surface area (Å²) in [6.07, 6.45) is 81.0. The third-order valence-corrected chi connectivity index (χ3v) is 14.5. The van der Waals surface area contributed by atoms with E-state index in [9.17, 15) is 14.4 Å². The maximum atomic E-state index is 12.9. The molecule has 0 fully saturated rings. The van der Waals surface area contributed by atoms with Crippen molar-refractivity contribution in [2.24, 2.45) is 0 Å². The predicted octanol–water partition coefficient (Wildman–Crippen LogP) is 22.3. The van der Waals surface area contributed by atoms with Crippen LogP contribution in [0.3, 0.4) is 0 Å². The van der Waals surface area contributed by atoms with E-state index in [-0.39, 0.29) is 31.1 Å². The fraction of sp³-hybridized carbons (Fsp3) is 0.812. The first-order valence-electron chi connectivity index (χ1n) is 32.8. The first-order valence-corrected chi connectivity index (χ1v) is 32.8. The molecule has 0 aromatic rings. The third-order valence-electron chi connectivity index (χ3n) is 14.5. The van der Waals surface area contributed by atoms with E-state index in [1.54, 1.807) is 0 Å². The number of carbonyl (C=O) groups excluding carboxylic acids is 3. The van der Waals surface area contributed by atoms with E-state index >= 15 is 0 Å². The molecule has 6 nitrogen and oxygen atoms in total. The van der Waals surface area contributed by atoms with Crippen LogP contribution in [0, 0.1) is 0 Å². The van der Waals surface area contributed by atoms with Crippen LogP contribution in [-0.4, -0.2) is 37.2 Å². The van der Waals surface area contributed by atoms with Crippen molar-refractivity contribution in [3.8, 4) is 0 Å². The summed E-state index contributed by atoms with van der Waals surface area (Å²) in [5.41, 5.74) is 0. The molecule has 0 aliphatic carbocycles. The molecule has 0 aliphatic heterocycles. The van der Waals surface area contributed by atoms with Gasteiger partial charge >= 0.3 is 17.9 Å². The number of allylic oxidation sites excluding steroid dienone is 10. The molecule has 0 amide bonds. The molecule has 0 rings (SSSR count). The van der Waals surface area contributed by atoms with Gasteiger partial charge in [0.05, 0.1) is 0 Å². The monoisotopic (exact) mass is 1050 g/mol. The molecular formula is C69H124O6. The summed E-state index contributed by atoms with van der Waals surface area (Å²) in [5, 5.41) is 0. The van der Waals surface area contributed by atoms with Crippen LogP contribution in [0.25, 0.3) is 0 Å². The Morgan fingerprint density at radius 2 is 0.520 bits per heavy atom. The third kappa shape index (κ3) is 61.8. The highest BCUT2D eigenvalue weighted by Gasteiger charge is 2.19. The molecule has 0 N–H and O–H groups in total. The van der Waals surface area contributed by atoms with Gasteiger partial charge < -0.3 is 14.2 Å². The Morgan fingerprint density at radius 3 is 0.827 bits per heavy atom. The van der Waals surface area contributed by atoms with Crippen LogP contribution in [0.5, 0.6) is 0 Å². The zero-order valence-electron chi connectivity index (χ0n) is 50.1. The number of ether oxygens (including phenoxy) is 3. The zero-order valence-corrected chi connectivity index (χ0v) is 50.1. The largest absolute Gasteiger partial charge is 0.462 e. The van der Waals surface area contributed by atoms with Crippen LogP contribution in [0.2, 0.25) is 0 Å². The van der Waals surface area contributed by atoms with Crippen molar-refractivity contribution in [3.63, 3.8) is 0 Å². The quantitative estimate of drug-likeness (QED) is 0.0261. The fourth-order valence-corrected chi connectivity index (χ4v) is 9.61. The molecule has 0 aromatic carbocycles. The second-order valence-corrected chi connectivity index (χ2v) is 22.0. The van der Waals surface area contributed by atoms with Gasteiger partial charge in [-0.05, 0) is 83.5 Å². The standard InChI is InChI=1S/C69H124O6/c1-4-7-10-13-16-19-21-23-25-27-29-31-33-34-36-37-39-41-43-45-47-50-53-56-59-62-68(71)74-65-66(64-73-67(70)61-58-55-52-49-18-15-12-9-6-3)75-69(72)63-60-57-54-51-48-46-44-42-40-38-35-32-30-28-26-24-22-20-17-14-11-8-5-2/h8,11,17,20,24,26-27,29-30,32,66H,4-7,9-10,12-16,18-19,21-23,25,28,31,33-65H2,1-3H3/b11-8-,20-17-,26-24-,29-27-,32-30-. The summed E-state index contributed by atoms with van der Waals surface area (Å²) in [7, 11) is 0. The van der Waals surface area contributed by atoms with E-state index in [0.29, 0.717) is 19.3 Å². The first-order chi connectivity index (χ1) is 37.0. The van der Waals surface area contributed by atoms with E-state index in [1.165, 1.54) is 218 Å². The number of esters is 3. The number of unbranched alkanes of at least 4 members (excludes halogenated alkanes) is 39. The molecule has 1 unspecified atom stereocenters. The maximum Gasteiger partial charge on any atom is 0.306 e. The van der Waals surface area contributed by atoms with Gasteiger partial charge in [-0.2, -0.15) is 0 Å². The highest BCUT2D eigenvalue weighted by molar-refractivity contribution is 5.71. The molecule has 0 heterocycles. The summed E-state index contributed by atoms with van der Waals surface area (Å²) in [6.45, 7) is 6.55. The minimum absolute atomic E-state index is 0.0723. The van der Waals surface area contributed by atoms with Crippen molar-refractivity contribution in [2.75, 3.05) is 13.2 Å². The van der Waals surface area contributed by atoms with Crippen LogP contribution in [0.1, 0.15) is 342 Å². The van der Waals surface area contributed by atoms with Crippen molar-refractivity contribution in [3.05, 3.63) is 60.8 Å². The molecule has 1 atom stereocenters. The average molecular weight is 1050 g/mol. The van der Waals surface area contributed by atoms with Gasteiger partial charge in [0.2, 0.25) is 0 Å². The van der Waals surface area contributed by atoms with Crippen LogP contribution >= 0.6 is 0 Å². The predicted molar refractivity (Wildman–Crippen MR) is 325 cm³/mol. The van der Waals surface area contributed by atoms with Crippen LogP contribution in [0.15, 0.2) is 60.8 Å². The van der Waals surface area contributed by atoms with Gasteiger partial charge in [-0.1, -0.05) is 300 Å². The molecule has 0 radical (unpaired) electrons. The number of rotatable bonds is 60. The molecule has 0 aromatic heterocycles. The summed E-state index contributed by atoms with van der Waals surface area (Å²) in [5.74, 6) is -0.862.